The van der Waals surface area contributed by atoms with E-state index in [0.29, 0.717) is 11.7 Å². The van der Waals surface area contributed by atoms with E-state index >= 15 is 0 Å². The molecule has 1 aliphatic heterocycles. The second-order valence-corrected chi connectivity index (χ2v) is 7.88. The molecule has 2 aromatic rings. The van der Waals surface area contributed by atoms with Crippen LogP contribution in [0.15, 0.2) is 41.3 Å². The highest BCUT2D eigenvalue weighted by Gasteiger charge is 2.26. The molecule has 0 amide bonds. The first-order valence-electron chi connectivity index (χ1n) is 7.43. The molecule has 0 saturated heterocycles. The number of Topliss-reactive ketones (excluding diaryl/α,β-unsaturated/α-hetero) is 1. The smallest absolute Gasteiger partial charge is 0.173 e. The lowest BCUT2D eigenvalue weighted by Gasteiger charge is -2.29. The first-order chi connectivity index (χ1) is 10.3. The van der Waals surface area contributed by atoms with Crippen molar-refractivity contribution in [3.05, 3.63) is 41.3 Å². The molecule has 2 aliphatic rings. The molecule has 1 saturated carbocycles. The van der Waals surface area contributed by atoms with Gasteiger partial charge in [-0.2, -0.15) is 0 Å². The zero-order valence-corrected chi connectivity index (χ0v) is 13.4. The SMILES string of the molecule is O=C(CC1CC1)c1ccc(N2CCSc3ccccc32)s1. The van der Waals surface area contributed by atoms with Crippen molar-refractivity contribution in [1.82, 2.24) is 0 Å². The molecule has 2 nitrogen and oxygen atoms in total. The lowest BCUT2D eigenvalue weighted by Crippen LogP contribution is -2.22. The number of carbonyl (C=O) groups excluding carboxylic acids is 1. The minimum Gasteiger partial charge on any atom is -0.331 e. The van der Waals surface area contributed by atoms with Gasteiger partial charge in [0.2, 0.25) is 0 Å². The van der Waals surface area contributed by atoms with Gasteiger partial charge >= 0.3 is 0 Å². The highest BCUT2D eigenvalue weighted by Crippen LogP contribution is 2.42. The molecule has 0 radical (unpaired) electrons. The van der Waals surface area contributed by atoms with Crippen molar-refractivity contribution in [2.45, 2.75) is 24.2 Å². The molecule has 1 aromatic heterocycles. The van der Waals surface area contributed by atoms with Crippen molar-refractivity contribution in [3.8, 4) is 0 Å². The molecular weight excluding hydrogens is 298 g/mol. The molecule has 2 heterocycles. The van der Waals surface area contributed by atoms with Crippen LogP contribution in [-0.2, 0) is 0 Å². The molecule has 0 atom stereocenters. The van der Waals surface area contributed by atoms with Crippen molar-refractivity contribution in [2.24, 2.45) is 5.92 Å². The van der Waals surface area contributed by atoms with Crippen LogP contribution in [0.5, 0.6) is 0 Å². The molecular formula is C17H17NOS2. The Morgan fingerprint density at radius 2 is 2.05 bits per heavy atom. The number of rotatable bonds is 4. The third-order valence-corrected chi connectivity index (χ3v) is 6.22. The van der Waals surface area contributed by atoms with E-state index in [9.17, 15) is 4.79 Å². The maximum absolute atomic E-state index is 12.2. The van der Waals surface area contributed by atoms with Gasteiger partial charge in [0, 0.05) is 23.6 Å². The van der Waals surface area contributed by atoms with Crippen LogP contribution >= 0.6 is 23.1 Å². The number of ketones is 1. The van der Waals surface area contributed by atoms with Crippen molar-refractivity contribution >= 4 is 39.6 Å². The van der Waals surface area contributed by atoms with Gasteiger partial charge in [-0.15, -0.1) is 23.1 Å². The maximum Gasteiger partial charge on any atom is 0.173 e. The van der Waals surface area contributed by atoms with Gasteiger partial charge in [0.05, 0.1) is 15.6 Å². The van der Waals surface area contributed by atoms with Crippen molar-refractivity contribution in [1.29, 1.82) is 0 Å². The van der Waals surface area contributed by atoms with Crippen LogP contribution in [0.1, 0.15) is 28.9 Å². The minimum atomic E-state index is 0.327. The summed E-state index contributed by atoms with van der Waals surface area (Å²) < 4.78 is 0. The Bertz CT molecular complexity index is 675. The fourth-order valence-corrected chi connectivity index (χ4v) is 4.69. The van der Waals surface area contributed by atoms with E-state index in [2.05, 4.69) is 35.2 Å². The highest BCUT2D eigenvalue weighted by atomic mass is 32.2. The largest absolute Gasteiger partial charge is 0.331 e. The van der Waals surface area contributed by atoms with E-state index in [1.807, 2.05) is 17.8 Å². The Kier molecular flexibility index (Phi) is 3.51. The first kappa shape index (κ1) is 13.4. The van der Waals surface area contributed by atoms with Crippen molar-refractivity contribution in [2.75, 3.05) is 17.2 Å². The Labute approximate surface area is 133 Å². The molecule has 0 N–H and O–H groups in total. The summed E-state index contributed by atoms with van der Waals surface area (Å²) in [4.78, 5) is 16.8. The predicted molar refractivity (Wildman–Crippen MR) is 90.2 cm³/mol. The molecule has 0 spiro atoms. The van der Waals surface area contributed by atoms with Gasteiger partial charge < -0.3 is 4.90 Å². The van der Waals surface area contributed by atoms with Gasteiger partial charge in [0.25, 0.3) is 0 Å². The van der Waals surface area contributed by atoms with Gasteiger partial charge in [-0.05, 0) is 43.0 Å². The number of carbonyl (C=O) groups is 1. The predicted octanol–water partition coefficient (Wildman–Crippen LogP) is 4.97. The summed E-state index contributed by atoms with van der Waals surface area (Å²) in [6.45, 7) is 1.01. The number of anilines is 2. The van der Waals surface area contributed by atoms with Crippen molar-refractivity contribution in [3.63, 3.8) is 0 Å². The Morgan fingerprint density at radius 1 is 1.19 bits per heavy atom. The number of fused-ring (bicyclic) bond motifs is 1. The second-order valence-electron chi connectivity index (χ2n) is 5.68. The van der Waals surface area contributed by atoms with Crippen LogP contribution in [0.25, 0.3) is 0 Å². The average molecular weight is 315 g/mol. The summed E-state index contributed by atoms with van der Waals surface area (Å²) >= 11 is 3.56. The molecule has 1 aromatic carbocycles. The van der Waals surface area contributed by atoms with Crippen LogP contribution in [0, 0.1) is 5.92 Å². The lowest BCUT2D eigenvalue weighted by molar-refractivity contribution is 0.0980. The molecule has 4 rings (SSSR count). The third-order valence-electron chi connectivity index (χ3n) is 4.03. The summed E-state index contributed by atoms with van der Waals surface area (Å²) in [6, 6.07) is 12.7. The quantitative estimate of drug-likeness (QED) is 0.743. The molecule has 0 bridgehead atoms. The molecule has 21 heavy (non-hydrogen) atoms. The standard InChI is InChI=1S/C17H17NOS2/c19-14(11-12-5-6-12)16-7-8-17(21-16)18-9-10-20-15-4-2-1-3-13(15)18/h1-4,7-8,12H,5-6,9-11H2. The molecule has 108 valence electrons. The second kappa shape index (κ2) is 5.50. The zero-order chi connectivity index (χ0) is 14.2. The summed E-state index contributed by atoms with van der Waals surface area (Å²) in [5.41, 5.74) is 1.27. The number of nitrogens with zero attached hydrogens (tertiary/aromatic N) is 1. The van der Waals surface area contributed by atoms with Crippen LogP contribution < -0.4 is 4.90 Å². The fourth-order valence-electron chi connectivity index (χ4n) is 2.71. The van der Waals surface area contributed by atoms with Gasteiger partial charge in [-0.1, -0.05) is 12.1 Å². The Balaban J connectivity index is 1.59. The summed E-state index contributed by atoms with van der Waals surface area (Å²) in [5, 5.41) is 1.20. The normalized spacial score (nSPS) is 17.6. The third kappa shape index (κ3) is 2.74. The van der Waals surface area contributed by atoms with Crippen molar-refractivity contribution < 1.29 is 4.79 Å². The molecule has 1 aliphatic carbocycles. The number of hydrogen-bond donors (Lipinski definition) is 0. The highest BCUT2D eigenvalue weighted by molar-refractivity contribution is 7.99. The topological polar surface area (TPSA) is 20.3 Å². The van der Waals surface area contributed by atoms with Crippen LogP contribution in [0.2, 0.25) is 0 Å². The van der Waals surface area contributed by atoms with Crippen LogP contribution in [0.3, 0.4) is 0 Å². The number of thioether (sulfide) groups is 1. The van der Waals surface area contributed by atoms with Gasteiger partial charge in [0.15, 0.2) is 5.78 Å². The zero-order valence-electron chi connectivity index (χ0n) is 11.7. The lowest BCUT2D eigenvalue weighted by atomic mass is 10.2. The molecule has 0 unspecified atom stereocenters. The summed E-state index contributed by atoms with van der Waals surface area (Å²) in [6.07, 6.45) is 3.22. The van der Waals surface area contributed by atoms with E-state index in [0.717, 1.165) is 23.6 Å². The van der Waals surface area contributed by atoms with Crippen LogP contribution in [0.4, 0.5) is 10.7 Å². The number of thiophene rings is 1. The fraction of sp³-hybridized carbons (Fsp3) is 0.353. The molecule has 1 fully saturated rings. The van der Waals surface area contributed by atoms with Gasteiger partial charge in [0.1, 0.15) is 0 Å². The number of para-hydroxylation sites is 1. The summed E-state index contributed by atoms with van der Waals surface area (Å²) in [7, 11) is 0. The van der Waals surface area contributed by atoms with Gasteiger partial charge in [-0.3, -0.25) is 4.79 Å². The minimum absolute atomic E-state index is 0.327. The van der Waals surface area contributed by atoms with E-state index < -0.39 is 0 Å². The number of benzene rings is 1. The van der Waals surface area contributed by atoms with E-state index in [1.54, 1.807) is 11.3 Å². The van der Waals surface area contributed by atoms with Gasteiger partial charge in [-0.25, -0.2) is 0 Å². The van der Waals surface area contributed by atoms with E-state index in [-0.39, 0.29) is 0 Å². The van der Waals surface area contributed by atoms with E-state index in [1.165, 1.54) is 28.4 Å². The molecule has 4 heteroatoms. The summed E-state index contributed by atoms with van der Waals surface area (Å²) in [5.74, 6) is 2.09. The monoisotopic (exact) mass is 315 g/mol. The van der Waals surface area contributed by atoms with Crippen LogP contribution in [-0.4, -0.2) is 18.1 Å². The number of hydrogen-bond acceptors (Lipinski definition) is 4. The maximum atomic E-state index is 12.2. The first-order valence-corrected chi connectivity index (χ1v) is 9.24. The van der Waals surface area contributed by atoms with E-state index in [4.69, 9.17) is 0 Å². The Morgan fingerprint density at radius 3 is 2.90 bits per heavy atom. The average Bonchev–Trinajstić information content (AvgIpc) is 3.19. The Hall–Kier alpha value is -1.26.